The van der Waals surface area contributed by atoms with Crippen molar-refractivity contribution in [2.24, 2.45) is 0 Å². The standard InChI is InChI=1S/C18H19NO3/c1-22-16-10-8-15(9-11-16)17(20)13-19-18(21)12-7-14-5-3-2-4-6-14/h2-12,17,20H,13H2,1H3,(H,19,21)/t17-/m0/s1. The molecule has 0 radical (unpaired) electrons. The summed E-state index contributed by atoms with van der Waals surface area (Å²) in [6.45, 7) is 0.157. The molecule has 0 aromatic heterocycles. The summed E-state index contributed by atoms with van der Waals surface area (Å²) < 4.78 is 5.06. The molecule has 2 aromatic carbocycles. The molecule has 1 amide bonds. The van der Waals surface area contributed by atoms with Crippen LogP contribution in [0.5, 0.6) is 5.75 Å². The maximum atomic E-state index is 11.7. The molecule has 0 heterocycles. The van der Waals surface area contributed by atoms with Gasteiger partial charge in [0.25, 0.3) is 0 Å². The number of amides is 1. The molecule has 1 atom stereocenters. The molecule has 22 heavy (non-hydrogen) atoms. The van der Waals surface area contributed by atoms with Crippen LogP contribution in [0.1, 0.15) is 17.2 Å². The second-order valence-corrected chi connectivity index (χ2v) is 4.78. The summed E-state index contributed by atoms with van der Waals surface area (Å²) in [6, 6.07) is 16.7. The number of carbonyl (C=O) groups excluding carboxylic acids is 1. The van der Waals surface area contributed by atoms with Gasteiger partial charge < -0.3 is 15.2 Å². The van der Waals surface area contributed by atoms with E-state index in [9.17, 15) is 9.90 Å². The van der Waals surface area contributed by atoms with E-state index in [2.05, 4.69) is 5.32 Å². The zero-order valence-electron chi connectivity index (χ0n) is 12.4. The van der Waals surface area contributed by atoms with E-state index in [-0.39, 0.29) is 12.5 Å². The van der Waals surface area contributed by atoms with Crippen molar-refractivity contribution in [3.05, 3.63) is 71.8 Å². The van der Waals surface area contributed by atoms with Crippen molar-refractivity contribution in [1.29, 1.82) is 0 Å². The first-order valence-electron chi connectivity index (χ1n) is 7.02. The van der Waals surface area contributed by atoms with Crippen molar-refractivity contribution in [3.8, 4) is 5.75 Å². The van der Waals surface area contributed by atoms with Gasteiger partial charge in [-0.1, -0.05) is 42.5 Å². The van der Waals surface area contributed by atoms with Crippen LogP contribution in [-0.4, -0.2) is 24.7 Å². The molecule has 4 nitrogen and oxygen atoms in total. The minimum absolute atomic E-state index is 0.157. The molecule has 0 spiro atoms. The first-order valence-corrected chi connectivity index (χ1v) is 7.02. The van der Waals surface area contributed by atoms with Crippen LogP contribution in [0.4, 0.5) is 0 Å². The van der Waals surface area contributed by atoms with Gasteiger partial charge in [-0.15, -0.1) is 0 Å². The van der Waals surface area contributed by atoms with Gasteiger partial charge in [-0.2, -0.15) is 0 Å². The number of carbonyl (C=O) groups is 1. The lowest BCUT2D eigenvalue weighted by Gasteiger charge is -2.11. The molecule has 0 aliphatic rings. The molecule has 114 valence electrons. The Balaban J connectivity index is 1.83. The summed E-state index contributed by atoms with van der Waals surface area (Å²) in [5.74, 6) is 0.488. The lowest BCUT2D eigenvalue weighted by atomic mass is 10.1. The largest absolute Gasteiger partial charge is 0.497 e. The first-order chi connectivity index (χ1) is 10.7. The van der Waals surface area contributed by atoms with Crippen LogP contribution in [0.15, 0.2) is 60.7 Å². The van der Waals surface area contributed by atoms with Gasteiger partial charge in [0.15, 0.2) is 0 Å². The average molecular weight is 297 g/mol. The van der Waals surface area contributed by atoms with Crippen LogP contribution in [0.2, 0.25) is 0 Å². The number of benzene rings is 2. The molecule has 0 aliphatic heterocycles. The summed E-state index contributed by atoms with van der Waals surface area (Å²) in [4.78, 5) is 11.7. The highest BCUT2D eigenvalue weighted by atomic mass is 16.5. The van der Waals surface area contributed by atoms with Gasteiger partial charge in [0.05, 0.1) is 13.2 Å². The number of nitrogens with one attached hydrogen (secondary N) is 1. The smallest absolute Gasteiger partial charge is 0.244 e. The van der Waals surface area contributed by atoms with E-state index >= 15 is 0 Å². The van der Waals surface area contributed by atoms with Crippen molar-refractivity contribution in [2.75, 3.05) is 13.7 Å². The van der Waals surface area contributed by atoms with Gasteiger partial charge in [-0.25, -0.2) is 0 Å². The highest BCUT2D eigenvalue weighted by Gasteiger charge is 2.08. The highest BCUT2D eigenvalue weighted by Crippen LogP contribution is 2.16. The molecule has 2 rings (SSSR count). The van der Waals surface area contributed by atoms with Crippen LogP contribution in [0.3, 0.4) is 0 Å². The maximum absolute atomic E-state index is 11.7. The zero-order chi connectivity index (χ0) is 15.8. The lowest BCUT2D eigenvalue weighted by molar-refractivity contribution is -0.116. The molecule has 0 unspecified atom stereocenters. The second-order valence-electron chi connectivity index (χ2n) is 4.78. The average Bonchev–Trinajstić information content (AvgIpc) is 2.58. The molecule has 2 aromatic rings. The van der Waals surface area contributed by atoms with Gasteiger partial charge in [-0.3, -0.25) is 4.79 Å². The second kappa shape index (κ2) is 8.00. The Bertz CT molecular complexity index is 621. The number of hydrogen-bond donors (Lipinski definition) is 2. The van der Waals surface area contributed by atoms with Crippen LogP contribution in [0.25, 0.3) is 6.08 Å². The molecule has 0 aliphatic carbocycles. The van der Waals surface area contributed by atoms with Gasteiger partial charge in [-0.05, 0) is 29.3 Å². The Morgan fingerprint density at radius 1 is 1.18 bits per heavy atom. The molecular formula is C18H19NO3. The highest BCUT2D eigenvalue weighted by molar-refractivity contribution is 5.91. The van der Waals surface area contributed by atoms with Crippen molar-refractivity contribution in [1.82, 2.24) is 5.32 Å². The predicted molar refractivity (Wildman–Crippen MR) is 86.4 cm³/mol. The summed E-state index contributed by atoms with van der Waals surface area (Å²) in [5.41, 5.74) is 1.68. The minimum atomic E-state index is -0.750. The number of methoxy groups -OCH3 is 1. The predicted octanol–water partition coefficient (Wildman–Crippen LogP) is 2.56. The quantitative estimate of drug-likeness (QED) is 0.806. The number of hydrogen-bond acceptors (Lipinski definition) is 3. The number of ether oxygens (including phenoxy) is 1. The number of aliphatic hydroxyl groups is 1. The van der Waals surface area contributed by atoms with Crippen molar-refractivity contribution < 1.29 is 14.6 Å². The van der Waals surface area contributed by atoms with Crippen molar-refractivity contribution in [3.63, 3.8) is 0 Å². The molecular weight excluding hydrogens is 278 g/mol. The van der Waals surface area contributed by atoms with Gasteiger partial charge >= 0.3 is 0 Å². The normalized spacial score (nSPS) is 12.1. The monoisotopic (exact) mass is 297 g/mol. The SMILES string of the molecule is COc1ccc([C@@H](O)CNC(=O)C=Cc2ccccc2)cc1. The van der Waals surface area contributed by atoms with Gasteiger partial charge in [0, 0.05) is 12.6 Å². The van der Waals surface area contributed by atoms with Crippen molar-refractivity contribution >= 4 is 12.0 Å². The summed E-state index contributed by atoms with van der Waals surface area (Å²) in [5, 5.41) is 12.7. The number of rotatable bonds is 6. The van der Waals surface area contributed by atoms with E-state index in [4.69, 9.17) is 4.74 Å². The molecule has 0 bridgehead atoms. The Hall–Kier alpha value is -2.59. The zero-order valence-corrected chi connectivity index (χ0v) is 12.4. The van der Waals surface area contributed by atoms with Gasteiger partial charge in [0.1, 0.15) is 5.75 Å². The first kappa shape index (κ1) is 15.8. The maximum Gasteiger partial charge on any atom is 0.244 e. The minimum Gasteiger partial charge on any atom is -0.497 e. The van der Waals surface area contributed by atoms with E-state index in [0.29, 0.717) is 0 Å². The van der Waals surface area contributed by atoms with Crippen molar-refractivity contribution in [2.45, 2.75) is 6.10 Å². The third-order valence-electron chi connectivity index (χ3n) is 3.20. The van der Waals surface area contributed by atoms with E-state index < -0.39 is 6.10 Å². The van der Waals surface area contributed by atoms with Crippen LogP contribution < -0.4 is 10.1 Å². The van der Waals surface area contributed by atoms with E-state index in [1.54, 1.807) is 37.5 Å². The Morgan fingerprint density at radius 2 is 1.86 bits per heavy atom. The lowest BCUT2D eigenvalue weighted by Crippen LogP contribution is -2.26. The summed E-state index contributed by atoms with van der Waals surface area (Å²) in [6.07, 6.45) is 2.44. The molecule has 2 N–H and O–H groups in total. The van der Waals surface area contributed by atoms with Crippen LogP contribution in [-0.2, 0) is 4.79 Å². The molecule has 0 saturated heterocycles. The fraction of sp³-hybridized carbons (Fsp3) is 0.167. The molecule has 0 saturated carbocycles. The Morgan fingerprint density at radius 3 is 2.50 bits per heavy atom. The third-order valence-corrected chi connectivity index (χ3v) is 3.20. The van der Waals surface area contributed by atoms with E-state index in [1.807, 2.05) is 30.3 Å². The fourth-order valence-corrected chi connectivity index (χ4v) is 1.94. The number of aliphatic hydroxyl groups excluding tert-OH is 1. The Kier molecular flexibility index (Phi) is 5.74. The van der Waals surface area contributed by atoms with Crippen LogP contribution in [0, 0.1) is 0 Å². The summed E-state index contributed by atoms with van der Waals surface area (Å²) in [7, 11) is 1.59. The topological polar surface area (TPSA) is 58.6 Å². The van der Waals surface area contributed by atoms with Crippen LogP contribution >= 0.6 is 0 Å². The van der Waals surface area contributed by atoms with Gasteiger partial charge in [0.2, 0.25) is 5.91 Å². The Labute approximate surface area is 130 Å². The summed E-state index contributed by atoms with van der Waals surface area (Å²) >= 11 is 0. The third kappa shape index (κ3) is 4.75. The fourth-order valence-electron chi connectivity index (χ4n) is 1.94. The molecule has 4 heteroatoms. The van der Waals surface area contributed by atoms with E-state index in [0.717, 1.165) is 16.9 Å². The van der Waals surface area contributed by atoms with E-state index in [1.165, 1.54) is 6.08 Å². The molecule has 0 fully saturated rings.